The largest absolute Gasteiger partial charge is 0.459 e. The van der Waals surface area contributed by atoms with E-state index in [1.165, 1.54) is 0 Å². The van der Waals surface area contributed by atoms with Crippen molar-refractivity contribution < 1.29 is 14.5 Å². The molecule has 0 unspecified atom stereocenters. The first-order valence-electron chi connectivity index (χ1n) is 9.00. The van der Waals surface area contributed by atoms with Gasteiger partial charge in [-0.25, -0.2) is 0 Å². The van der Waals surface area contributed by atoms with E-state index in [2.05, 4.69) is 5.32 Å². The van der Waals surface area contributed by atoms with Gasteiger partial charge in [-0.2, -0.15) is 0 Å². The smallest absolute Gasteiger partial charge is 0.324 e. The maximum absolute atomic E-state index is 12.9. The van der Waals surface area contributed by atoms with E-state index in [4.69, 9.17) is 4.74 Å². The molecule has 1 saturated heterocycles. The molecule has 2 aromatic rings. The normalized spacial score (nSPS) is 25.1. The Morgan fingerprint density at radius 3 is 2.00 bits per heavy atom. The minimum atomic E-state index is -0.979. The molecule has 0 bridgehead atoms. The topological polar surface area (TPSA) is 81.5 Å². The second kappa shape index (κ2) is 7.48. The highest BCUT2D eigenvalue weighted by Gasteiger charge is 2.55. The summed E-state index contributed by atoms with van der Waals surface area (Å²) in [4.78, 5) is 24.6. The standard InChI is InChI=1S/C21H24N2O4/c1-21(2,3)27-20(24)18-16(14-10-6-4-7-11-14)19(23(25)26)17(22-18)15-12-8-5-9-13-15/h4-13,16-19,22H,1-3H3/t16-,17+,18+,19+/m1/s1. The van der Waals surface area contributed by atoms with Crippen molar-refractivity contribution in [3.63, 3.8) is 0 Å². The molecule has 2 aromatic carbocycles. The Hall–Kier alpha value is -2.73. The van der Waals surface area contributed by atoms with Gasteiger partial charge in [0, 0.05) is 4.92 Å². The molecule has 6 heteroatoms. The van der Waals surface area contributed by atoms with Gasteiger partial charge in [0.1, 0.15) is 17.7 Å². The number of nitrogens with zero attached hydrogens (tertiary/aromatic N) is 1. The Balaban J connectivity index is 2.05. The fourth-order valence-corrected chi connectivity index (χ4v) is 3.65. The monoisotopic (exact) mass is 368 g/mol. The fourth-order valence-electron chi connectivity index (χ4n) is 3.65. The lowest BCUT2D eigenvalue weighted by Crippen LogP contribution is -2.41. The summed E-state index contributed by atoms with van der Waals surface area (Å²) < 4.78 is 5.56. The molecule has 4 atom stereocenters. The Morgan fingerprint density at radius 2 is 1.52 bits per heavy atom. The van der Waals surface area contributed by atoms with Crippen molar-refractivity contribution in [1.29, 1.82) is 0 Å². The molecule has 0 aliphatic carbocycles. The van der Waals surface area contributed by atoms with Crippen LogP contribution < -0.4 is 5.32 Å². The van der Waals surface area contributed by atoms with Crippen molar-refractivity contribution in [1.82, 2.24) is 5.32 Å². The average Bonchev–Trinajstić information content (AvgIpc) is 3.03. The zero-order valence-corrected chi connectivity index (χ0v) is 15.7. The summed E-state index contributed by atoms with van der Waals surface area (Å²) in [6, 6.07) is 16.0. The van der Waals surface area contributed by atoms with E-state index in [1.807, 2.05) is 60.7 Å². The van der Waals surface area contributed by atoms with E-state index >= 15 is 0 Å². The first-order valence-corrected chi connectivity index (χ1v) is 9.00. The molecule has 3 rings (SSSR count). The van der Waals surface area contributed by atoms with Crippen LogP contribution in [0.2, 0.25) is 0 Å². The predicted octanol–water partition coefficient (Wildman–Crippen LogP) is 3.47. The number of carbonyl (C=O) groups excluding carboxylic acids is 1. The highest BCUT2D eigenvalue weighted by Crippen LogP contribution is 2.40. The lowest BCUT2D eigenvalue weighted by atomic mass is 9.85. The van der Waals surface area contributed by atoms with Crippen LogP contribution in [0.3, 0.4) is 0 Å². The third-order valence-corrected chi connectivity index (χ3v) is 4.67. The van der Waals surface area contributed by atoms with E-state index in [0.717, 1.165) is 11.1 Å². The number of esters is 1. The molecule has 0 aromatic heterocycles. The van der Waals surface area contributed by atoms with Crippen LogP contribution in [0.15, 0.2) is 60.7 Å². The van der Waals surface area contributed by atoms with Crippen LogP contribution in [0.1, 0.15) is 43.9 Å². The summed E-state index contributed by atoms with van der Waals surface area (Å²) in [5.41, 5.74) is 0.863. The number of carbonyl (C=O) groups is 1. The first-order chi connectivity index (χ1) is 12.8. The molecule has 1 aliphatic rings. The molecule has 27 heavy (non-hydrogen) atoms. The third kappa shape index (κ3) is 4.17. The summed E-state index contributed by atoms with van der Waals surface area (Å²) in [5.74, 6) is -1.09. The molecule has 0 amide bonds. The number of ether oxygens (including phenoxy) is 1. The predicted molar refractivity (Wildman–Crippen MR) is 102 cm³/mol. The highest BCUT2D eigenvalue weighted by molar-refractivity contribution is 5.78. The first kappa shape index (κ1) is 19.0. The van der Waals surface area contributed by atoms with Crippen molar-refractivity contribution in [3.05, 3.63) is 81.9 Å². The van der Waals surface area contributed by atoms with Crippen LogP contribution in [0.25, 0.3) is 0 Å². The van der Waals surface area contributed by atoms with E-state index in [9.17, 15) is 14.9 Å². The molecule has 1 N–H and O–H groups in total. The van der Waals surface area contributed by atoms with Crippen molar-refractivity contribution in [2.45, 2.75) is 50.4 Å². The van der Waals surface area contributed by atoms with E-state index in [0.29, 0.717) is 0 Å². The molecule has 0 spiro atoms. The number of hydrogen-bond donors (Lipinski definition) is 1. The second-order valence-electron chi connectivity index (χ2n) is 7.78. The van der Waals surface area contributed by atoms with Crippen molar-refractivity contribution in [3.8, 4) is 0 Å². The number of nitro groups is 1. The van der Waals surface area contributed by atoms with Crippen LogP contribution in [0.5, 0.6) is 0 Å². The van der Waals surface area contributed by atoms with Gasteiger partial charge < -0.3 is 4.74 Å². The molecule has 1 heterocycles. The van der Waals surface area contributed by atoms with Crippen LogP contribution in [0, 0.1) is 10.1 Å². The molecule has 0 saturated carbocycles. The van der Waals surface area contributed by atoms with Gasteiger partial charge in [-0.05, 0) is 31.9 Å². The van der Waals surface area contributed by atoms with E-state index in [1.54, 1.807) is 20.8 Å². The second-order valence-corrected chi connectivity index (χ2v) is 7.78. The quantitative estimate of drug-likeness (QED) is 0.508. The highest BCUT2D eigenvalue weighted by atomic mass is 16.6. The average molecular weight is 368 g/mol. The SMILES string of the molecule is CC(C)(C)OC(=O)[C@H]1N[C@@H](c2ccccc2)[C@@H]([N+](=O)[O-])[C@@H]1c1ccccc1. The summed E-state index contributed by atoms with van der Waals surface area (Å²) in [6.07, 6.45) is 0. The van der Waals surface area contributed by atoms with Crippen LogP contribution in [-0.2, 0) is 9.53 Å². The van der Waals surface area contributed by atoms with Crippen LogP contribution in [-0.4, -0.2) is 28.6 Å². The summed E-state index contributed by atoms with van der Waals surface area (Å²) in [7, 11) is 0. The molecular weight excluding hydrogens is 344 g/mol. The summed E-state index contributed by atoms with van der Waals surface area (Å²) >= 11 is 0. The van der Waals surface area contributed by atoms with Crippen molar-refractivity contribution >= 4 is 5.97 Å². The lowest BCUT2D eigenvalue weighted by molar-refractivity contribution is -0.527. The maximum Gasteiger partial charge on any atom is 0.324 e. The minimum absolute atomic E-state index is 0.285. The fraction of sp³-hybridized carbons (Fsp3) is 0.381. The zero-order valence-electron chi connectivity index (χ0n) is 15.7. The number of nitrogens with one attached hydrogen (secondary N) is 1. The Morgan fingerprint density at radius 1 is 1.00 bits per heavy atom. The number of hydrogen-bond acceptors (Lipinski definition) is 5. The zero-order chi connectivity index (χ0) is 19.6. The minimum Gasteiger partial charge on any atom is -0.459 e. The molecule has 1 aliphatic heterocycles. The van der Waals surface area contributed by atoms with Gasteiger partial charge in [0.15, 0.2) is 0 Å². The van der Waals surface area contributed by atoms with E-state index in [-0.39, 0.29) is 4.92 Å². The van der Waals surface area contributed by atoms with E-state index < -0.39 is 35.6 Å². The Bertz CT molecular complexity index is 802. The van der Waals surface area contributed by atoms with Crippen molar-refractivity contribution in [2.75, 3.05) is 0 Å². The molecule has 0 radical (unpaired) electrons. The number of benzene rings is 2. The summed E-state index contributed by atoms with van der Waals surface area (Å²) in [6.45, 7) is 5.37. The van der Waals surface area contributed by atoms with Crippen LogP contribution in [0.4, 0.5) is 0 Å². The van der Waals surface area contributed by atoms with Crippen molar-refractivity contribution in [2.24, 2.45) is 0 Å². The van der Waals surface area contributed by atoms with Gasteiger partial charge >= 0.3 is 5.97 Å². The van der Waals surface area contributed by atoms with Gasteiger partial charge in [0.2, 0.25) is 6.04 Å². The lowest BCUT2D eigenvalue weighted by Gasteiger charge is -2.25. The van der Waals surface area contributed by atoms with Gasteiger partial charge in [-0.1, -0.05) is 60.7 Å². The van der Waals surface area contributed by atoms with Gasteiger partial charge in [0.25, 0.3) is 0 Å². The van der Waals surface area contributed by atoms with Gasteiger partial charge in [-0.15, -0.1) is 0 Å². The van der Waals surface area contributed by atoms with Crippen LogP contribution >= 0.6 is 0 Å². The molecule has 6 nitrogen and oxygen atoms in total. The molecule has 142 valence electrons. The molecule has 1 fully saturated rings. The third-order valence-electron chi connectivity index (χ3n) is 4.67. The molecular formula is C21H24N2O4. The Labute approximate surface area is 158 Å². The summed E-state index contributed by atoms with van der Waals surface area (Å²) in [5, 5.41) is 15.2. The maximum atomic E-state index is 12.9. The Kier molecular flexibility index (Phi) is 5.28. The van der Waals surface area contributed by atoms with Gasteiger partial charge in [-0.3, -0.25) is 20.2 Å². The van der Waals surface area contributed by atoms with Gasteiger partial charge in [0.05, 0.1) is 5.92 Å². The number of rotatable bonds is 4.